The summed E-state index contributed by atoms with van der Waals surface area (Å²) in [6.07, 6.45) is 3.15. The number of piperidine rings is 1. The van der Waals surface area contributed by atoms with E-state index in [9.17, 15) is 8.42 Å². The maximum atomic E-state index is 12.2. The van der Waals surface area contributed by atoms with E-state index in [-0.39, 0.29) is 10.6 Å². The largest absolute Gasteiger partial charge is 0.398 e. The Balaban J connectivity index is 1.89. The van der Waals surface area contributed by atoms with Crippen LogP contribution in [0.3, 0.4) is 0 Å². The van der Waals surface area contributed by atoms with Crippen molar-refractivity contribution in [3.8, 4) is 0 Å². The van der Waals surface area contributed by atoms with Crippen LogP contribution in [0.5, 0.6) is 0 Å². The zero-order valence-corrected chi connectivity index (χ0v) is 14.6. The van der Waals surface area contributed by atoms with Crippen molar-refractivity contribution in [2.24, 2.45) is 5.92 Å². The van der Waals surface area contributed by atoms with Gasteiger partial charge in [-0.3, -0.25) is 0 Å². The van der Waals surface area contributed by atoms with Crippen LogP contribution in [0.15, 0.2) is 27.6 Å². The van der Waals surface area contributed by atoms with Crippen LogP contribution in [0.1, 0.15) is 19.3 Å². The van der Waals surface area contributed by atoms with Gasteiger partial charge in [0.1, 0.15) is 4.90 Å². The van der Waals surface area contributed by atoms with Crippen molar-refractivity contribution in [1.82, 2.24) is 9.62 Å². The van der Waals surface area contributed by atoms with Gasteiger partial charge in [0, 0.05) is 11.0 Å². The van der Waals surface area contributed by atoms with Gasteiger partial charge in [-0.2, -0.15) is 0 Å². The number of nitrogen functional groups attached to an aromatic ring is 1. The second-order valence-electron chi connectivity index (χ2n) is 5.62. The first kappa shape index (κ1) is 16.7. The molecule has 0 radical (unpaired) electrons. The first-order valence-electron chi connectivity index (χ1n) is 7.12. The van der Waals surface area contributed by atoms with E-state index in [0.29, 0.717) is 12.5 Å². The van der Waals surface area contributed by atoms with Crippen molar-refractivity contribution in [2.45, 2.75) is 24.2 Å². The van der Waals surface area contributed by atoms with Gasteiger partial charge in [-0.05, 0) is 63.5 Å². The zero-order chi connectivity index (χ0) is 15.5. The second-order valence-corrected chi connectivity index (χ2v) is 8.27. The van der Waals surface area contributed by atoms with Crippen molar-refractivity contribution in [1.29, 1.82) is 0 Å². The molecule has 0 spiro atoms. The molecule has 0 aliphatic carbocycles. The fourth-order valence-electron chi connectivity index (χ4n) is 2.59. The number of nitrogens with one attached hydrogen (secondary N) is 1. The minimum atomic E-state index is -3.53. The molecule has 3 N–H and O–H groups in total. The van der Waals surface area contributed by atoms with E-state index < -0.39 is 10.0 Å². The maximum absolute atomic E-state index is 12.2. The van der Waals surface area contributed by atoms with Gasteiger partial charge in [0.05, 0.1) is 5.69 Å². The van der Waals surface area contributed by atoms with Crippen molar-refractivity contribution in [3.63, 3.8) is 0 Å². The van der Waals surface area contributed by atoms with E-state index in [1.165, 1.54) is 6.07 Å². The predicted molar refractivity (Wildman–Crippen MR) is 88.6 cm³/mol. The molecule has 1 heterocycles. The molecule has 1 saturated heterocycles. The number of rotatable bonds is 5. The summed E-state index contributed by atoms with van der Waals surface area (Å²) < 4.78 is 27.9. The summed E-state index contributed by atoms with van der Waals surface area (Å²) >= 11 is 3.27. The van der Waals surface area contributed by atoms with Crippen molar-refractivity contribution in [3.05, 3.63) is 22.7 Å². The number of likely N-dealkylation sites (tertiary alicyclic amines) is 1. The van der Waals surface area contributed by atoms with Crippen LogP contribution in [-0.2, 0) is 10.0 Å². The molecular formula is C14H22BrN3O2S. The van der Waals surface area contributed by atoms with E-state index >= 15 is 0 Å². The van der Waals surface area contributed by atoms with Gasteiger partial charge in [-0.1, -0.05) is 15.9 Å². The number of hydrogen-bond acceptors (Lipinski definition) is 4. The van der Waals surface area contributed by atoms with Gasteiger partial charge in [0.2, 0.25) is 10.0 Å². The fraction of sp³-hybridized carbons (Fsp3) is 0.571. The van der Waals surface area contributed by atoms with Crippen molar-refractivity contribution >= 4 is 31.6 Å². The predicted octanol–water partition coefficient (Wildman–Crippen LogP) is 2.04. The van der Waals surface area contributed by atoms with Crippen LogP contribution < -0.4 is 10.5 Å². The van der Waals surface area contributed by atoms with Crippen LogP contribution in [0.25, 0.3) is 0 Å². The normalized spacial score (nSPS) is 18.0. The smallest absolute Gasteiger partial charge is 0.242 e. The van der Waals surface area contributed by atoms with Crippen molar-refractivity contribution in [2.75, 3.05) is 32.4 Å². The Kier molecular flexibility index (Phi) is 5.65. The Bertz CT molecular complexity index is 584. The average Bonchev–Trinajstić information content (AvgIpc) is 2.40. The fourth-order valence-corrected chi connectivity index (χ4v) is 4.13. The van der Waals surface area contributed by atoms with Crippen LogP contribution in [0.4, 0.5) is 5.69 Å². The molecular weight excluding hydrogens is 354 g/mol. The average molecular weight is 376 g/mol. The highest BCUT2D eigenvalue weighted by Gasteiger charge is 2.20. The molecule has 118 valence electrons. The molecule has 0 unspecified atom stereocenters. The highest BCUT2D eigenvalue weighted by atomic mass is 79.9. The third-order valence-electron chi connectivity index (χ3n) is 3.94. The summed E-state index contributed by atoms with van der Waals surface area (Å²) in [5.41, 5.74) is 6.04. The van der Waals surface area contributed by atoms with E-state index in [1.807, 2.05) is 0 Å². The Morgan fingerprint density at radius 1 is 1.38 bits per heavy atom. The molecule has 21 heavy (non-hydrogen) atoms. The Morgan fingerprint density at radius 2 is 2.05 bits per heavy atom. The van der Waals surface area contributed by atoms with Gasteiger partial charge >= 0.3 is 0 Å². The van der Waals surface area contributed by atoms with Gasteiger partial charge in [0.15, 0.2) is 0 Å². The van der Waals surface area contributed by atoms with Crippen molar-refractivity contribution < 1.29 is 8.42 Å². The SMILES string of the molecule is CN1CCC(CCNS(=O)(=O)c2ccc(Br)cc2N)CC1. The summed E-state index contributed by atoms with van der Waals surface area (Å²) in [5.74, 6) is 0.603. The van der Waals surface area contributed by atoms with Crippen LogP contribution in [0.2, 0.25) is 0 Å². The summed E-state index contributed by atoms with van der Waals surface area (Å²) in [5, 5.41) is 0. The highest BCUT2D eigenvalue weighted by Crippen LogP contribution is 2.23. The topological polar surface area (TPSA) is 75.4 Å². The first-order chi connectivity index (χ1) is 9.88. The van der Waals surface area contributed by atoms with E-state index in [0.717, 1.165) is 36.8 Å². The number of hydrogen-bond donors (Lipinski definition) is 2. The Morgan fingerprint density at radius 3 is 2.67 bits per heavy atom. The molecule has 7 heteroatoms. The monoisotopic (exact) mass is 375 g/mol. The number of benzene rings is 1. The second kappa shape index (κ2) is 7.09. The summed E-state index contributed by atoms with van der Waals surface area (Å²) in [4.78, 5) is 2.46. The highest BCUT2D eigenvalue weighted by molar-refractivity contribution is 9.10. The number of nitrogens with zero attached hydrogens (tertiary/aromatic N) is 1. The molecule has 0 amide bonds. The number of anilines is 1. The third kappa shape index (κ3) is 4.67. The molecule has 1 aromatic carbocycles. The van der Waals surface area contributed by atoms with Crippen LogP contribution in [-0.4, -0.2) is 40.0 Å². The molecule has 1 aromatic rings. The quantitative estimate of drug-likeness (QED) is 0.772. The van der Waals surface area contributed by atoms with Gasteiger partial charge in [0.25, 0.3) is 0 Å². The summed E-state index contributed by atoms with van der Waals surface area (Å²) in [7, 11) is -1.41. The minimum absolute atomic E-state index is 0.147. The maximum Gasteiger partial charge on any atom is 0.242 e. The van der Waals surface area contributed by atoms with Crippen LogP contribution in [0, 0.1) is 5.92 Å². The van der Waals surface area contributed by atoms with Crippen LogP contribution >= 0.6 is 15.9 Å². The summed E-state index contributed by atoms with van der Waals surface area (Å²) in [6, 6.07) is 4.81. The number of halogens is 1. The lowest BCUT2D eigenvalue weighted by atomic mass is 9.94. The zero-order valence-electron chi connectivity index (χ0n) is 12.2. The van der Waals surface area contributed by atoms with Gasteiger partial charge < -0.3 is 10.6 Å². The number of nitrogens with two attached hydrogens (primary N) is 1. The van der Waals surface area contributed by atoms with E-state index in [1.54, 1.807) is 12.1 Å². The molecule has 0 bridgehead atoms. The molecule has 0 saturated carbocycles. The van der Waals surface area contributed by atoms with E-state index in [4.69, 9.17) is 5.73 Å². The lowest BCUT2D eigenvalue weighted by Gasteiger charge is -2.28. The Labute approximate surface area is 135 Å². The third-order valence-corrected chi connectivity index (χ3v) is 5.97. The molecule has 0 atom stereocenters. The lowest BCUT2D eigenvalue weighted by molar-refractivity contribution is 0.213. The number of sulfonamides is 1. The molecule has 1 aliphatic rings. The first-order valence-corrected chi connectivity index (χ1v) is 9.39. The molecule has 5 nitrogen and oxygen atoms in total. The lowest BCUT2D eigenvalue weighted by Crippen LogP contribution is -2.32. The standard InChI is InChI=1S/C14H22BrN3O2S/c1-18-8-5-11(6-9-18)4-7-17-21(19,20)14-3-2-12(15)10-13(14)16/h2-3,10-11,17H,4-9,16H2,1H3. The molecule has 1 aliphatic heterocycles. The minimum Gasteiger partial charge on any atom is -0.398 e. The molecule has 1 fully saturated rings. The summed E-state index contributed by atoms with van der Waals surface area (Å²) in [6.45, 7) is 2.65. The molecule has 0 aromatic heterocycles. The van der Waals surface area contributed by atoms with E-state index in [2.05, 4.69) is 32.6 Å². The molecule has 2 rings (SSSR count). The Hall–Kier alpha value is -0.630. The van der Waals surface area contributed by atoms with Gasteiger partial charge in [-0.15, -0.1) is 0 Å². The van der Waals surface area contributed by atoms with Gasteiger partial charge in [-0.25, -0.2) is 13.1 Å².